The topological polar surface area (TPSA) is 172 Å². The molecule has 13 heteroatoms. The SMILES string of the molecule is CCOc1cc(/C=N/NC(=O)COc2c(C)cc([N+](=O)[O-])cc2C)ccc1OC(=O)c1ccc([N+](=O)[O-])cc1. The monoisotopic (exact) mass is 536 g/mol. The van der Waals surface area contributed by atoms with Crippen LogP contribution in [0.1, 0.15) is 34.0 Å². The number of ether oxygens (including phenoxy) is 3. The predicted octanol–water partition coefficient (Wildman–Crippen LogP) is 4.27. The van der Waals surface area contributed by atoms with Gasteiger partial charge in [-0.05, 0) is 67.8 Å². The molecule has 0 fully saturated rings. The number of benzene rings is 3. The van der Waals surface area contributed by atoms with Crippen LogP contribution >= 0.6 is 0 Å². The molecule has 0 saturated carbocycles. The number of hydrogen-bond acceptors (Lipinski definition) is 10. The van der Waals surface area contributed by atoms with Crippen molar-refractivity contribution in [3.05, 3.63) is 97.1 Å². The molecule has 0 aliphatic heterocycles. The fraction of sp³-hybridized carbons (Fsp3) is 0.192. The summed E-state index contributed by atoms with van der Waals surface area (Å²) < 4.78 is 16.5. The van der Waals surface area contributed by atoms with Crippen molar-refractivity contribution in [2.75, 3.05) is 13.2 Å². The zero-order valence-electron chi connectivity index (χ0n) is 21.2. The van der Waals surface area contributed by atoms with Gasteiger partial charge in [0, 0.05) is 24.3 Å². The molecular formula is C26H24N4O9. The number of aryl methyl sites for hydroxylation is 2. The largest absolute Gasteiger partial charge is 0.490 e. The number of carbonyl (C=O) groups excluding carboxylic acids is 2. The molecule has 0 heterocycles. The van der Waals surface area contributed by atoms with Crippen LogP contribution in [-0.4, -0.2) is 41.2 Å². The summed E-state index contributed by atoms with van der Waals surface area (Å²) in [6, 6.07) is 12.3. The molecule has 0 radical (unpaired) electrons. The van der Waals surface area contributed by atoms with Crippen LogP contribution in [0.5, 0.6) is 17.2 Å². The standard InChI is InChI=1S/C26H24N4O9/c1-4-37-23-13-18(5-10-22(23)39-26(32)19-6-8-20(9-7-19)29(33)34)14-27-28-24(31)15-38-25-16(2)11-21(30(35)36)12-17(25)3/h5-14H,4,15H2,1-3H3,(H,28,31)/b27-14+. The first kappa shape index (κ1) is 28.2. The molecular weight excluding hydrogens is 512 g/mol. The smallest absolute Gasteiger partial charge is 0.343 e. The number of rotatable bonds is 11. The van der Waals surface area contributed by atoms with Crippen LogP contribution in [0.4, 0.5) is 11.4 Å². The Morgan fingerprint density at radius 3 is 2.13 bits per heavy atom. The van der Waals surface area contributed by atoms with Gasteiger partial charge in [-0.3, -0.25) is 25.0 Å². The van der Waals surface area contributed by atoms with Gasteiger partial charge in [-0.1, -0.05) is 0 Å². The number of nitro benzene ring substituents is 2. The number of nitro groups is 2. The van der Waals surface area contributed by atoms with Crippen LogP contribution in [0.3, 0.4) is 0 Å². The molecule has 0 atom stereocenters. The number of hydrazone groups is 1. The van der Waals surface area contributed by atoms with E-state index < -0.39 is 21.7 Å². The molecule has 0 unspecified atom stereocenters. The lowest BCUT2D eigenvalue weighted by atomic mass is 10.1. The molecule has 0 saturated heterocycles. The van der Waals surface area contributed by atoms with E-state index in [9.17, 15) is 29.8 Å². The van der Waals surface area contributed by atoms with Crippen LogP contribution in [0.25, 0.3) is 0 Å². The van der Waals surface area contributed by atoms with Crippen LogP contribution in [0, 0.1) is 34.1 Å². The zero-order valence-corrected chi connectivity index (χ0v) is 21.2. The lowest BCUT2D eigenvalue weighted by molar-refractivity contribution is -0.385. The van der Waals surface area contributed by atoms with Crippen molar-refractivity contribution in [3.63, 3.8) is 0 Å². The first-order chi connectivity index (χ1) is 18.6. The highest BCUT2D eigenvalue weighted by molar-refractivity contribution is 5.92. The van der Waals surface area contributed by atoms with Gasteiger partial charge in [-0.15, -0.1) is 0 Å². The molecule has 1 N–H and O–H groups in total. The van der Waals surface area contributed by atoms with Crippen molar-refractivity contribution in [3.8, 4) is 17.2 Å². The Bertz CT molecular complexity index is 1410. The lowest BCUT2D eigenvalue weighted by Crippen LogP contribution is -2.25. The van der Waals surface area contributed by atoms with Gasteiger partial charge in [0.1, 0.15) is 5.75 Å². The number of nitrogens with zero attached hydrogens (tertiary/aromatic N) is 3. The van der Waals surface area contributed by atoms with Gasteiger partial charge in [0.2, 0.25) is 0 Å². The summed E-state index contributed by atoms with van der Waals surface area (Å²) in [7, 11) is 0. The molecule has 0 bridgehead atoms. The highest BCUT2D eigenvalue weighted by Gasteiger charge is 2.16. The molecule has 0 aliphatic rings. The minimum atomic E-state index is -0.724. The van der Waals surface area contributed by atoms with Gasteiger partial charge in [0.15, 0.2) is 18.1 Å². The maximum Gasteiger partial charge on any atom is 0.343 e. The Hall–Kier alpha value is -5.33. The second kappa shape index (κ2) is 12.8. The van der Waals surface area contributed by atoms with E-state index in [0.29, 0.717) is 22.4 Å². The summed E-state index contributed by atoms with van der Waals surface area (Å²) in [5.41, 5.74) is 3.80. The van der Waals surface area contributed by atoms with E-state index in [0.717, 1.165) is 0 Å². The number of nitrogens with one attached hydrogen (secondary N) is 1. The third-order valence-electron chi connectivity index (χ3n) is 5.19. The Morgan fingerprint density at radius 1 is 0.897 bits per heavy atom. The van der Waals surface area contributed by atoms with Crippen molar-refractivity contribution in [2.45, 2.75) is 20.8 Å². The molecule has 0 aliphatic carbocycles. The van der Waals surface area contributed by atoms with Crippen molar-refractivity contribution in [1.82, 2.24) is 5.43 Å². The van der Waals surface area contributed by atoms with Gasteiger partial charge in [-0.25, -0.2) is 10.2 Å². The predicted molar refractivity (Wildman–Crippen MR) is 139 cm³/mol. The number of amides is 1. The summed E-state index contributed by atoms with van der Waals surface area (Å²) in [6.07, 6.45) is 1.35. The average molecular weight is 536 g/mol. The van der Waals surface area contributed by atoms with Crippen molar-refractivity contribution in [1.29, 1.82) is 0 Å². The van der Waals surface area contributed by atoms with E-state index >= 15 is 0 Å². The molecule has 202 valence electrons. The third kappa shape index (κ3) is 7.58. The fourth-order valence-electron chi connectivity index (χ4n) is 3.44. The number of hydrogen-bond donors (Lipinski definition) is 1. The van der Waals surface area contributed by atoms with Gasteiger partial charge in [-0.2, -0.15) is 5.10 Å². The number of esters is 1. The molecule has 3 aromatic carbocycles. The Balaban J connectivity index is 1.61. The quantitative estimate of drug-likeness (QED) is 0.123. The molecule has 39 heavy (non-hydrogen) atoms. The highest BCUT2D eigenvalue weighted by atomic mass is 16.6. The molecule has 3 rings (SSSR count). The summed E-state index contributed by atoms with van der Waals surface area (Å²) in [5.74, 6) is -0.529. The maximum atomic E-state index is 12.5. The van der Waals surface area contributed by atoms with Crippen molar-refractivity contribution >= 4 is 29.5 Å². The van der Waals surface area contributed by atoms with Crippen LogP contribution < -0.4 is 19.6 Å². The van der Waals surface area contributed by atoms with Crippen LogP contribution in [-0.2, 0) is 4.79 Å². The van der Waals surface area contributed by atoms with E-state index in [1.807, 2.05) is 0 Å². The average Bonchev–Trinajstić information content (AvgIpc) is 2.89. The van der Waals surface area contributed by atoms with Gasteiger partial charge < -0.3 is 14.2 Å². The van der Waals surface area contributed by atoms with Crippen molar-refractivity contribution < 1.29 is 33.6 Å². The fourth-order valence-corrected chi connectivity index (χ4v) is 3.44. The second-order valence-corrected chi connectivity index (χ2v) is 8.08. The highest BCUT2D eigenvalue weighted by Crippen LogP contribution is 2.30. The Labute approximate surface area is 222 Å². The summed E-state index contributed by atoms with van der Waals surface area (Å²) >= 11 is 0. The first-order valence-corrected chi connectivity index (χ1v) is 11.5. The van der Waals surface area contributed by atoms with Gasteiger partial charge in [0.05, 0.1) is 28.2 Å². The van der Waals surface area contributed by atoms with E-state index in [-0.39, 0.29) is 41.7 Å². The number of non-ortho nitro benzene ring substituents is 2. The zero-order chi connectivity index (χ0) is 28.5. The molecule has 13 nitrogen and oxygen atoms in total. The van der Waals surface area contributed by atoms with Crippen molar-refractivity contribution in [2.24, 2.45) is 5.10 Å². The summed E-state index contributed by atoms with van der Waals surface area (Å²) in [4.78, 5) is 45.3. The molecule has 1 amide bonds. The maximum absolute atomic E-state index is 12.5. The Kier molecular flexibility index (Phi) is 9.24. The molecule has 0 aromatic heterocycles. The van der Waals surface area contributed by atoms with E-state index in [4.69, 9.17) is 14.2 Å². The normalized spacial score (nSPS) is 10.6. The van der Waals surface area contributed by atoms with Gasteiger partial charge >= 0.3 is 5.97 Å². The first-order valence-electron chi connectivity index (χ1n) is 11.5. The summed E-state index contributed by atoms with van der Waals surface area (Å²) in [6.45, 7) is 4.95. The number of carbonyl (C=O) groups is 2. The van der Waals surface area contributed by atoms with Crippen LogP contribution in [0.2, 0.25) is 0 Å². The molecule has 0 spiro atoms. The van der Waals surface area contributed by atoms with Crippen LogP contribution in [0.15, 0.2) is 59.7 Å². The van der Waals surface area contributed by atoms with E-state index in [1.54, 1.807) is 32.9 Å². The third-order valence-corrected chi connectivity index (χ3v) is 5.19. The Morgan fingerprint density at radius 2 is 1.54 bits per heavy atom. The summed E-state index contributed by atoms with van der Waals surface area (Å²) in [5, 5.41) is 25.6. The minimum Gasteiger partial charge on any atom is -0.490 e. The minimum absolute atomic E-state index is 0.0649. The van der Waals surface area contributed by atoms with Gasteiger partial charge in [0.25, 0.3) is 17.3 Å². The second-order valence-electron chi connectivity index (χ2n) is 8.08. The van der Waals surface area contributed by atoms with E-state index in [2.05, 4.69) is 10.5 Å². The molecule has 3 aromatic rings. The lowest BCUT2D eigenvalue weighted by Gasteiger charge is -2.12. The van der Waals surface area contributed by atoms with E-state index in [1.165, 1.54) is 48.7 Å².